The highest BCUT2D eigenvalue weighted by Crippen LogP contribution is 2.30. The molecule has 1 heterocycles. The van der Waals surface area contributed by atoms with E-state index < -0.39 is 0 Å². The quantitative estimate of drug-likeness (QED) is 0.906. The first-order valence-electron chi connectivity index (χ1n) is 7.51. The zero-order chi connectivity index (χ0) is 14.5. The Labute approximate surface area is 127 Å². The van der Waals surface area contributed by atoms with Gasteiger partial charge < -0.3 is 10.5 Å². The molecule has 1 fully saturated rings. The van der Waals surface area contributed by atoms with Gasteiger partial charge in [-0.3, -0.25) is 4.90 Å². The summed E-state index contributed by atoms with van der Waals surface area (Å²) in [5, 5.41) is 0.775. The second-order valence-corrected chi connectivity index (χ2v) is 5.88. The maximum absolute atomic E-state index is 6.42. The summed E-state index contributed by atoms with van der Waals surface area (Å²) in [7, 11) is 0. The molecule has 0 aliphatic carbocycles. The summed E-state index contributed by atoms with van der Waals surface area (Å²) in [6.45, 7) is 6.86. The molecular weight excluding hydrogens is 272 g/mol. The molecule has 3 nitrogen and oxygen atoms in total. The average Bonchev–Trinajstić information content (AvgIpc) is 2.48. The van der Waals surface area contributed by atoms with Crippen molar-refractivity contribution >= 4 is 11.6 Å². The fourth-order valence-electron chi connectivity index (χ4n) is 2.98. The van der Waals surface area contributed by atoms with Gasteiger partial charge in [0.15, 0.2) is 0 Å². The van der Waals surface area contributed by atoms with E-state index in [0.29, 0.717) is 6.04 Å². The Morgan fingerprint density at radius 3 is 2.90 bits per heavy atom. The molecule has 4 heteroatoms. The number of ether oxygens (including phenoxy) is 1. The maximum Gasteiger partial charge on any atom is 0.0622 e. The van der Waals surface area contributed by atoms with Crippen LogP contribution < -0.4 is 5.73 Å². The van der Waals surface area contributed by atoms with Gasteiger partial charge in [0.25, 0.3) is 0 Å². The number of benzene rings is 1. The number of morpholine rings is 1. The van der Waals surface area contributed by atoms with Crippen molar-refractivity contribution in [2.45, 2.75) is 44.8 Å². The highest BCUT2D eigenvalue weighted by atomic mass is 35.5. The highest BCUT2D eigenvalue weighted by Gasteiger charge is 2.32. The van der Waals surface area contributed by atoms with Gasteiger partial charge in [-0.25, -0.2) is 0 Å². The number of rotatable bonds is 5. The van der Waals surface area contributed by atoms with E-state index in [1.165, 1.54) is 5.56 Å². The van der Waals surface area contributed by atoms with E-state index in [4.69, 9.17) is 22.1 Å². The topological polar surface area (TPSA) is 38.5 Å². The molecule has 20 heavy (non-hydrogen) atoms. The SMILES string of the molecule is CCC(N)C(c1cccc(Cl)c1)N1CCOCC1CC. The summed E-state index contributed by atoms with van der Waals surface area (Å²) in [6, 6.07) is 8.86. The van der Waals surface area contributed by atoms with E-state index in [1.54, 1.807) is 0 Å². The smallest absolute Gasteiger partial charge is 0.0622 e. The number of hydrogen-bond donors (Lipinski definition) is 1. The van der Waals surface area contributed by atoms with Gasteiger partial charge in [0, 0.05) is 23.7 Å². The second kappa shape index (κ2) is 7.41. The van der Waals surface area contributed by atoms with Gasteiger partial charge in [-0.1, -0.05) is 37.6 Å². The van der Waals surface area contributed by atoms with Crippen LogP contribution in [0.15, 0.2) is 24.3 Å². The molecule has 3 unspecified atom stereocenters. The predicted molar refractivity (Wildman–Crippen MR) is 84.1 cm³/mol. The van der Waals surface area contributed by atoms with Gasteiger partial charge >= 0.3 is 0 Å². The summed E-state index contributed by atoms with van der Waals surface area (Å²) >= 11 is 6.16. The van der Waals surface area contributed by atoms with Crippen molar-refractivity contribution in [2.24, 2.45) is 5.73 Å². The Bertz CT molecular complexity index is 427. The molecule has 2 N–H and O–H groups in total. The van der Waals surface area contributed by atoms with Gasteiger partial charge in [0.2, 0.25) is 0 Å². The largest absolute Gasteiger partial charge is 0.378 e. The maximum atomic E-state index is 6.42. The first-order valence-corrected chi connectivity index (χ1v) is 7.89. The van der Waals surface area contributed by atoms with Crippen LogP contribution in [0.2, 0.25) is 5.02 Å². The molecule has 1 aliphatic rings. The Morgan fingerprint density at radius 1 is 1.45 bits per heavy atom. The van der Waals surface area contributed by atoms with Crippen molar-refractivity contribution in [1.29, 1.82) is 0 Å². The monoisotopic (exact) mass is 296 g/mol. The molecule has 0 bridgehead atoms. The van der Waals surface area contributed by atoms with Crippen molar-refractivity contribution in [3.8, 4) is 0 Å². The first kappa shape index (κ1) is 15.8. The number of hydrogen-bond acceptors (Lipinski definition) is 3. The number of nitrogens with zero attached hydrogens (tertiary/aromatic N) is 1. The van der Waals surface area contributed by atoms with E-state index in [2.05, 4.69) is 24.8 Å². The lowest BCUT2D eigenvalue weighted by atomic mass is 9.94. The van der Waals surface area contributed by atoms with Crippen LogP contribution in [-0.2, 0) is 4.74 Å². The van der Waals surface area contributed by atoms with Gasteiger partial charge in [-0.2, -0.15) is 0 Å². The summed E-state index contributed by atoms with van der Waals surface area (Å²) < 4.78 is 5.62. The third-order valence-corrected chi connectivity index (χ3v) is 4.40. The van der Waals surface area contributed by atoms with Crippen LogP contribution >= 0.6 is 11.6 Å². The zero-order valence-electron chi connectivity index (χ0n) is 12.4. The van der Waals surface area contributed by atoms with Crippen LogP contribution in [0.1, 0.15) is 38.3 Å². The first-order chi connectivity index (χ1) is 9.67. The van der Waals surface area contributed by atoms with E-state index >= 15 is 0 Å². The van der Waals surface area contributed by atoms with E-state index in [-0.39, 0.29) is 12.1 Å². The van der Waals surface area contributed by atoms with E-state index in [1.807, 2.05) is 18.2 Å². The molecule has 1 aromatic rings. The summed E-state index contributed by atoms with van der Waals surface area (Å²) in [5.41, 5.74) is 7.64. The molecule has 0 spiro atoms. The Balaban J connectivity index is 2.31. The molecule has 0 saturated carbocycles. The molecule has 0 aromatic heterocycles. The number of halogens is 1. The normalized spacial score (nSPS) is 23.5. The van der Waals surface area contributed by atoms with Gasteiger partial charge in [-0.15, -0.1) is 0 Å². The predicted octanol–water partition coefficient (Wildman–Crippen LogP) is 3.23. The fraction of sp³-hybridized carbons (Fsp3) is 0.625. The summed E-state index contributed by atoms with van der Waals surface area (Å²) in [5.74, 6) is 0. The third-order valence-electron chi connectivity index (χ3n) is 4.17. The minimum atomic E-state index is 0.112. The minimum Gasteiger partial charge on any atom is -0.378 e. The molecule has 2 rings (SSSR count). The second-order valence-electron chi connectivity index (χ2n) is 5.45. The summed E-state index contributed by atoms with van der Waals surface area (Å²) in [6.07, 6.45) is 2.03. The molecule has 112 valence electrons. The van der Waals surface area contributed by atoms with Crippen LogP contribution in [0, 0.1) is 0 Å². The third kappa shape index (κ3) is 3.53. The molecule has 0 radical (unpaired) electrons. The van der Waals surface area contributed by atoms with Gasteiger partial charge in [0.1, 0.15) is 0 Å². The van der Waals surface area contributed by atoms with Crippen molar-refractivity contribution < 1.29 is 4.74 Å². The minimum absolute atomic E-state index is 0.112. The van der Waals surface area contributed by atoms with E-state index in [9.17, 15) is 0 Å². The van der Waals surface area contributed by atoms with Crippen molar-refractivity contribution in [3.63, 3.8) is 0 Å². The fourth-order valence-corrected chi connectivity index (χ4v) is 3.18. The standard InChI is InChI=1S/C16H25ClN2O/c1-3-14-11-20-9-8-19(14)16(15(18)4-2)12-6-5-7-13(17)10-12/h5-7,10,14-16H,3-4,8-9,11,18H2,1-2H3. The molecule has 0 amide bonds. The Morgan fingerprint density at radius 2 is 2.25 bits per heavy atom. The van der Waals surface area contributed by atoms with Crippen LogP contribution in [0.3, 0.4) is 0 Å². The van der Waals surface area contributed by atoms with Crippen molar-refractivity contribution in [2.75, 3.05) is 19.8 Å². The highest BCUT2D eigenvalue weighted by molar-refractivity contribution is 6.30. The lowest BCUT2D eigenvalue weighted by Crippen LogP contribution is -2.51. The average molecular weight is 297 g/mol. The molecule has 1 saturated heterocycles. The van der Waals surface area contributed by atoms with Crippen LogP contribution in [0.25, 0.3) is 0 Å². The van der Waals surface area contributed by atoms with Crippen LogP contribution in [0.5, 0.6) is 0 Å². The van der Waals surface area contributed by atoms with Crippen molar-refractivity contribution in [1.82, 2.24) is 4.90 Å². The van der Waals surface area contributed by atoms with Crippen molar-refractivity contribution in [3.05, 3.63) is 34.9 Å². The summed E-state index contributed by atoms with van der Waals surface area (Å²) in [4.78, 5) is 2.50. The van der Waals surface area contributed by atoms with Gasteiger partial charge in [0.05, 0.1) is 19.3 Å². The number of nitrogens with two attached hydrogens (primary N) is 1. The molecule has 3 atom stereocenters. The van der Waals surface area contributed by atoms with E-state index in [0.717, 1.165) is 37.6 Å². The molecule has 1 aliphatic heterocycles. The lowest BCUT2D eigenvalue weighted by Gasteiger charge is -2.43. The van der Waals surface area contributed by atoms with Gasteiger partial charge in [-0.05, 0) is 30.5 Å². The molecular formula is C16H25ClN2O. The Hall–Kier alpha value is -0.610. The molecule has 1 aromatic carbocycles. The lowest BCUT2D eigenvalue weighted by molar-refractivity contribution is -0.0362. The van der Waals surface area contributed by atoms with Crippen LogP contribution in [-0.4, -0.2) is 36.7 Å². The zero-order valence-corrected chi connectivity index (χ0v) is 13.1. The van der Waals surface area contributed by atoms with Crippen LogP contribution in [0.4, 0.5) is 0 Å². The Kier molecular flexibility index (Phi) is 5.85.